The molecule has 0 amide bonds. The first-order chi connectivity index (χ1) is 23.4. The third kappa shape index (κ3) is 12.9. The van der Waals surface area contributed by atoms with Gasteiger partial charge in [-0.1, -0.05) is 24.3 Å². The van der Waals surface area contributed by atoms with Crippen molar-refractivity contribution in [1.29, 1.82) is 0 Å². The van der Waals surface area contributed by atoms with Gasteiger partial charge in [-0.15, -0.1) is 0 Å². The number of benzene rings is 4. The van der Waals surface area contributed by atoms with Gasteiger partial charge in [-0.3, -0.25) is 0 Å². The van der Waals surface area contributed by atoms with Crippen molar-refractivity contribution in [2.75, 3.05) is 24.7 Å². The highest BCUT2D eigenvalue weighted by molar-refractivity contribution is 5.91. The molecule has 0 fully saturated rings. The van der Waals surface area contributed by atoms with E-state index in [4.69, 9.17) is 30.4 Å². The zero-order valence-corrected chi connectivity index (χ0v) is 26.2. The summed E-state index contributed by atoms with van der Waals surface area (Å²) in [5.74, 6) is -0.843. The molecule has 0 aliphatic rings. The highest BCUT2D eigenvalue weighted by Gasteiger charge is 2.26. The number of nitrogen functional groups attached to an aromatic ring is 2. The van der Waals surface area contributed by atoms with E-state index in [9.17, 15) is 27.6 Å². The highest BCUT2D eigenvalue weighted by atomic mass is 19.4. The summed E-state index contributed by atoms with van der Waals surface area (Å²) in [7, 11) is 0. The lowest BCUT2D eigenvalue weighted by atomic mass is 10.1. The van der Waals surface area contributed by atoms with Crippen molar-refractivity contribution in [1.82, 2.24) is 0 Å². The largest absolute Gasteiger partial charge is 0.494 e. The molecule has 0 bridgehead atoms. The zero-order valence-electron chi connectivity index (χ0n) is 26.2. The summed E-state index contributed by atoms with van der Waals surface area (Å²) in [6.45, 7) is 0.0711. The molecule has 49 heavy (non-hydrogen) atoms. The van der Waals surface area contributed by atoms with E-state index >= 15 is 0 Å². The number of hydrogen-bond acceptors (Lipinski definition) is 9. The van der Waals surface area contributed by atoms with Crippen LogP contribution >= 0.6 is 0 Å². The number of alkyl halides is 3. The van der Waals surface area contributed by atoms with Crippen molar-refractivity contribution in [3.05, 3.63) is 125 Å². The van der Waals surface area contributed by atoms with Crippen molar-refractivity contribution in [2.24, 2.45) is 0 Å². The van der Waals surface area contributed by atoms with E-state index < -0.39 is 30.5 Å². The van der Waals surface area contributed by atoms with Crippen molar-refractivity contribution >= 4 is 41.4 Å². The first-order valence-electron chi connectivity index (χ1n) is 15.0. The Hall–Kier alpha value is -6.04. The smallest absolute Gasteiger partial charge is 0.389 e. The molecule has 0 unspecified atom stereocenters. The number of nitrogens with two attached hydrogens (primary N) is 2. The van der Waals surface area contributed by atoms with E-state index in [0.717, 1.165) is 5.56 Å². The molecule has 4 aromatic carbocycles. The van der Waals surface area contributed by atoms with E-state index in [-0.39, 0.29) is 30.9 Å². The molecule has 254 valence electrons. The summed E-state index contributed by atoms with van der Waals surface area (Å²) in [5.41, 5.74) is 15.1. The number of esters is 3. The maximum atomic E-state index is 12.5. The van der Waals surface area contributed by atoms with Crippen LogP contribution in [-0.2, 0) is 20.7 Å². The molecule has 12 heteroatoms. The predicted octanol–water partition coefficient (Wildman–Crippen LogP) is 7.21. The van der Waals surface area contributed by atoms with E-state index in [1.54, 1.807) is 72.8 Å². The minimum Gasteiger partial charge on any atom is -0.494 e. The van der Waals surface area contributed by atoms with Gasteiger partial charge in [0.2, 0.25) is 0 Å². The Balaban J connectivity index is 1.17. The monoisotopic (exact) mass is 674 g/mol. The normalized spacial score (nSPS) is 11.4. The molecule has 0 saturated heterocycles. The molecule has 0 saturated carbocycles. The van der Waals surface area contributed by atoms with Gasteiger partial charge in [0.1, 0.15) is 17.2 Å². The maximum Gasteiger partial charge on any atom is 0.389 e. The minimum atomic E-state index is -4.23. The van der Waals surface area contributed by atoms with Crippen molar-refractivity contribution in [3.8, 4) is 17.2 Å². The minimum absolute atomic E-state index is 0.0980. The Morgan fingerprint density at radius 1 is 0.653 bits per heavy atom. The van der Waals surface area contributed by atoms with Gasteiger partial charge < -0.3 is 30.4 Å². The molecule has 0 aliphatic carbocycles. The van der Waals surface area contributed by atoms with Crippen LogP contribution in [0.2, 0.25) is 0 Å². The van der Waals surface area contributed by atoms with Gasteiger partial charge in [-0.2, -0.15) is 13.2 Å². The van der Waals surface area contributed by atoms with Crippen LogP contribution in [0, 0.1) is 0 Å². The third-order valence-corrected chi connectivity index (χ3v) is 6.65. The van der Waals surface area contributed by atoms with Gasteiger partial charge in [0.15, 0.2) is 0 Å². The Morgan fingerprint density at radius 3 is 1.76 bits per heavy atom. The van der Waals surface area contributed by atoms with Crippen LogP contribution in [0.1, 0.15) is 39.9 Å². The fourth-order valence-corrected chi connectivity index (χ4v) is 4.30. The SMILES string of the molecule is Nc1cc(N)cc(CCOC(=O)/C=C/c2ccc(OC(=O)/C=C/c3ccc(OC(=O)c4ccc(OCCCC(F)(F)F)cc4)cc3)cc2)c1. The first-order valence-corrected chi connectivity index (χ1v) is 15.0. The predicted molar refractivity (Wildman–Crippen MR) is 179 cm³/mol. The standard InChI is InChI=1S/C37H33F3N2O7/c38-37(39,40)19-1-20-46-31-14-8-28(9-15-31)36(45)49-33-12-4-26(5-13-33)7-17-35(44)48-32-10-2-25(3-11-32)6-16-34(43)47-21-18-27-22-29(41)24-30(42)23-27/h2-17,22-24H,1,18-21,41-42H2/b16-6+,17-7+. The number of ether oxygens (including phenoxy) is 4. The molecule has 0 aromatic heterocycles. The number of rotatable bonds is 14. The average Bonchev–Trinajstić information content (AvgIpc) is 3.05. The molecular formula is C37H33F3N2O7. The van der Waals surface area contributed by atoms with Gasteiger partial charge in [0.05, 0.1) is 18.8 Å². The average molecular weight is 675 g/mol. The van der Waals surface area contributed by atoms with Gasteiger partial charge in [-0.05, 0) is 102 Å². The molecule has 0 radical (unpaired) electrons. The number of halogens is 3. The highest BCUT2D eigenvalue weighted by Crippen LogP contribution is 2.22. The summed E-state index contributed by atoms with van der Waals surface area (Å²) in [6, 6.07) is 24.0. The fourth-order valence-electron chi connectivity index (χ4n) is 4.30. The van der Waals surface area contributed by atoms with Crippen molar-refractivity contribution in [2.45, 2.75) is 25.4 Å². The third-order valence-electron chi connectivity index (χ3n) is 6.65. The molecule has 0 heterocycles. The van der Waals surface area contributed by atoms with Crippen LogP contribution in [-0.4, -0.2) is 37.3 Å². The van der Waals surface area contributed by atoms with E-state index in [2.05, 4.69) is 0 Å². The van der Waals surface area contributed by atoms with Crippen LogP contribution < -0.4 is 25.7 Å². The van der Waals surface area contributed by atoms with E-state index in [1.807, 2.05) is 0 Å². The Bertz CT molecular complexity index is 1760. The second kappa shape index (κ2) is 17.2. The van der Waals surface area contributed by atoms with Gasteiger partial charge in [0, 0.05) is 36.4 Å². The lowest BCUT2D eigenvalue weighted by Crippen LogP contribution is -2.10. The number of carbonyl (C=O) groups is 3. The summed E-state index contributed by atoms with van der Waals surface area (Å²) in [6.07, 6.45) is 0.800. The molecule has 4 N–H and O–H groups in total. The summed E-state index contributed by atoms with van der Waals surface area (Å²) >= 11 is 0. The molecule has 4 rings (SSSR count). The molecule has 0 spiro atoms. The van der Waals surface area contributed by atoms with Crippen molar-refractivity contribution < 1.29 is 46.5 Å². The Morgan fingerprint density at radius 2 is 1.18 bits per heavy atom. The second-order valence-electron chi connectivity index (χ2n) is 10.6. The molecule has 0 atom stereocenters. The second-order valence-corrected chi connectivity index (χ2v) is 10.6. The van der Waals surface area contributed by atoms with Crippen molar-refractivity contribution in [3.63, 3.8) is 0 Å². The first kappa shape index (κ1) is 35.8. The molecule has 4 aromatic rings. The summed E-state index contributed by atoms with van der Waals surface area (Å²) in [5, 5.41) is 0. The summed E-state index contributed by atoms with van der Waals surface area (Å²) < 4.78 is 57.9. The maximum absolute atomic E-state index is 12.5. The van der Waals surface area contributed by atoms with Gasteiger partial charge >= 0.3 is 24.1 Å². The Labute approximate surface area is 280 Å². The molecule has 9 nitrogen and oxygen atoms in total. The van der Waals surface area contributed by atoms with Crippen LogP contribution in [0.15, 0.2) is 103 Å². The van der Waals surface area contributed by atoms with Gasteiger partial charge in [0.25, 0.3) is 0 Å². The number of carbonyl (C=O) groups excluding carboxylic acids is 3. The molecule has 0 aliphatic heterocycles. The quantitative estimate of drug-likeness (QED) is 0.0467. The fraction of sp³-hybridized carbons (Fsp3) is 0.162. The lowest BCUT2D eigenvalue weighted by molar-refractivity contribution is -0.138. The van der Waals surface area contributed by atoms with Crippen LogP contribution in [0.5, 0.6) is 17.2 Å². The number of anilines is 2. The Kier molecular flexibility index (Phi) is 12.6. The number of hydrogen-bond donors (Lipinski definition) is 2. The summed E-state index contributed by atoms with van der Waals surface area (Å²) in [4.78, 5) is 36.8. The van der Waals surface area contributed by atoms with Gasteiger partial charge in [-0.25, -0.2) is 14.4 Å². The molecular weight excluding hydrogens is 641 g/mol. The van der Waals surface area contributed by atoms with E-state index in [0.29, 0.717) is 40.4 Å². The lowest BCUT2D eigenvalue weighted by Gasteiger charge is -2.09. The van der Waals surface area contributed by atoms with Crippen LogP contribution in [0.4, 0.5) is 24.5 Å². The zero-order chi connectivity index (χ0) is 35.2. The van der Waals surface area contributed by atoms with Crippen LogP contribution in [0.25, 0.3) is 12.2 Å². The topological polar surface area (TPSA) is 140 Å². The van der Waals surface area contributed by atoms with E-state index in [1.165, 1.54) is 42.5 Å². The van der Waals surface area contributed by atoms with Crippen LogP contribution in [0.3, 0.4) is 0 Å².